The fraction of sp³-hybridized carbons (Fsp3) is 0.125. The highest BCUT2D eigenvalue weighted by Gasteiger charge is 2.12. The van der Waals surface area contributed by atoms with E-state index in [1.807, 2.05) is 42.7 Å². The number of anilines is 1. The van der Waals surface area contributed by atoms with Crippen molar-refractivity contribution < 1.29 is 14.3 Å². The van der Waals surface area contributed by atoms with Gasteiger partial charge in [0.1, 0.15) is 18.0 Å². The van der Waals surface area contributed by atoms with Gasteiger partial charge in [-0.25, -0.2) is 19.2 Å². The van der Waals surface area contributed by atoms with Crippen molar-refractivity contribution in [3.05, 3.63) is 83.9 Å². The zero-order valence-electron chi connectivity index (χ0n) is 16.8. The Kier molecular flexibility index (Phi) is 6.13. The lowest BCUT2D eigenvalue weighted by molar-refractivity contribution is 0.0693. The number of carbonyl (C=O) groups is 1. The summed E-state index contributed by atoms with van der Waals surface area (Å²) in [5, 5.41) is 14.1. The van der Waals surface area contributed by atoms with Gasteiger partial charge < -0.3 is 10.4 Å². The molecule has 156 valence electrons. The SMILES string of the molecule is CSc1cc(-c2cc(NCCc3ccc4cccc(F)c4c3)ncn2)ccc1C(=O)O. The molecule has 0 amide bonds. The zero-order chi connectivity index (χ0) is 21.8. The molecule has 0 unspecified atom stereocenters. The third kappa shape index (κ3) is 4.67. The van der Waals surface area contributed by atoms with Gasteiger partial charge in [0, 0.05) is 28.5 Å². The molecule has 31 heavy (non-hydrogen) atoms. The number of hydrogen-bond donors (Lipinski definition) is 2. The lowest BCUT2D eigenvalue weighted by Gasteiger charge is -2.10. The molecule has 5 nitrogen and oxygen atoms in total. The molecule has 0 fully saturated rings. The van der Waals surface area contributed by atoms with Gasteiger partial charge >= 0.3 is 5.97 Å². The molecule has 4 aromatic rings. The number of thioether (sulfide) groups is 1. The van der Waals surface area contributed by atoms with E-state index in [0.717, 1.165) is 16.5 Å². The van der Waals surface area contributed by atoms with E-state index >= 15 is 0 Å². The van der Waals surface area contributed by atoms with Crippen molar-refractivity contribution in [2.45, 2.75) is 11.3 Å². The number of nitrogens with zero attached hydrogens (tertiary/aromatic N) is 2. The Hall–Kier alpha value is -3.45. The van der Waals surface area contributed by atoms with Crippen LogP contribution in [0.1, 0.15) is 15.9 Å². The molecule has 2 N–H and O–H groups in total. The Morgan fingerprint density at radius 3 is 2.77 bits per heavy atom. The largest absolute Gasteiger partial charge is 0.478 e. The van der Waals surface area contributed by atoms with E-state index in [4.69, 9.17) is 0 Å². The summed E-state index contributed by atoms with van der Waals surface area (Å²) in [6.45, 7) is 0.629. The number of hydrogen-bond acceptors (Lipinski definition) is 5. The second-order valence-corrected chi connectivity index (χ2v) is 7.83. The first kappa shape index (κ1) is 20.8. The van der Waals surface area contributed by atoms with E-state index in [1.165, 1.54) is 24.2 Å². The summed E-state index contributed by atoms with van der Waals surface area (Å²) < 4.78 is 14.0. The molecule has 0 radical (unpaired) electrons. The van der Waals surface area contributed by atoms with E-state index < -0.39 is 5.97 Å². The number of fused-ring (bicyclic) bond motifs is 1. The molecule has 4 rings (SSSR count). The Balaban J connectivity index is 1.47. The number of nitrogens with one attached hydrogen (secondary N) is 1. The van der Waals surface area contributed by atoms with Crippen LogP contribution in [-0.2, 0) is 6.42 Å². The van der Waals surface area contributed by atoms with Crippen molar-refractivity contribution in [1.82, 2.24) is 9.97 Å². The van der Waals surface area contributed by atoms with Gasteiger partial charge in [0.25, 0.3) is 0 Å². The summed E-state index contributed by atoms with van der Waals surface area (Å²) >= 11 is 1.38. The highest BCUT2D eigenvalue weighted by Crippen LogP contribution is 2.27. The van der Waals surface area contributed by atoms with Gasteiger partial charge in [0.15, 0.2) is 0 Å². The second kappa shape index (κ2) is 9.14. The van der Waals surface area contributed by atoms with Crippen LogP contribution in [0.4, 0.5) is 10.2 Å². The van der Waals surface area contributed by atoms with E-state index in [1.54, 1.807) is 18.2 Å². The van der Waals surface area contributed by atoms with E-state index in [-0.39, 0.29) is 11.4 Å². The van der Waals surface area contributed by atoms with Crippen molar-refractivity contribution >= 4 is 34.3 Å². The van der Waals surface area contributed by atoms with Crippen LogP contribution in [0.5, 0.6) is 0 Å². The molecule has 0 bridgehead atoms. The Bertz CT molecular complexity index is 1260. The molecular formula is C24H20FN3O2S. The van der Waals surface area contributed by atoms with Crippen molar-refractivity contribution in [2.24, 2.45) is 0 Å². The fourth-order valence-corrected chi connectivity index (χ4v) is 4.03. The minimum absolute atomic E-state index is 0.216. The maximum Gasteiger partial charge on any atom is 0.336 e. The van der Waals surface area contributed by atoms with E-state index in [9.17, 15) is 14.3 Å². The first-order valence-electron chi connectivity index (χ1n) is 9.70. The molecule has 0 atom stereocenters. The summed E-state index contributed by atoms with van der Waals surface area (Å²) in [4.78, 5) is 20.6. The molecule has 0 spiro atoms. The van der Waals surface area contributed by atoms with Gasteiger partial charge in [-0.1, -0.05) is 30.3 Å². The lowest BCUT2D eigenvalue weighted by Crippen LogP contribution is -2.07. The maximum atomic E-state index is 14.0. The van der Waals surface area contributed by atoms with Crippen LogP contribution in [-0.4, -0.2) is 33.8 Å². The lowest BCUT2D eigenvalue weighted by atomic mass is 10.0. The average Bonchev–Trinajstić information content (AvgIpc) is 2.79. The number of halogens is 1. The molecule has 1 aromatic heterocycles. The third-order valence-corrected chi connectivity index (χ3v) is 5.79. The van der Waals surface area contributed by atoms with Crippen LogP contribution in [0, 0.1) is 5.82 Å². The van der Waals surface area contributed by atoms with Crippen LogP contribution >= 0.6 is 11.8 Å². The van der Waals surface area contributed by atoms with Crippen molar-refractivity contribution in [3.8, 4) is 11.3 Å². The standard InChI is InChI=1S/C24H20FN3O2S/c1-31-22-12-17(7-8-18(22)24(29)30)21-13-23(28-14-27-21)26-10-9-15-5-6-16-3-2-4-20(25)19(16)11-15/h2-8,11-14H,9-10H2,1H3,(H,29,30)(H,26,27,28). The number of aromatic carboxylic acids is 1. The fourth-order valence-electron chi connectivity index (χ4n) is 3.41. The number of carboxylic acid groups (broad SMARTS) is 1. The molecule has 0 aliphatic rings. The monoisotopic (exact) mass is 433 g/mol. The number of rotatable bonds is 7. The van der Waals surface area contributed by atoms with E-state index in [0.29, 0.717) is 34.8 Å². The predicted octanol–water partition coefficient (Wildman–Crippen LogP) is 5.51. The second-order valence-electron chi connectivity index (χ2n) is 6.98. The molecule has 0 aliphatic carbocycles. The van der Waals surface area contributed by atoms with Gasteiger partial charge in [-0.15, -0.1) is 11.8 Å². The molecule has 7 heteroatoms. The summed E-state index contributed by atoms with van der Waals surface area (Å²) in [6.07, 6.45) is 4.04. The minimum atomic E-state index is -0.950. The Morgan fingerprint density at radius 1 is 1.10 bits per heavy atom. The van der Waals surface area contributed by atoms with E-state index in [2.05, 4.69) is 15.3 Å². The summed E-state index contributed by atoms with van der Waals surface area (Å²) in [7, 11) is 0. The van der Waals surface area contributed by atoms with Gasteiger partial charge in [-0.05, 0) is 47.9 Å². The summed E-state index contributed by atoms with van der Waals surface area (Å²) in [5.41, 5.74) is 2.84. The minimum Gasteiger partial charge on any atom is -0.478 e. The quantitative estimate of drug-likeness (QED) is 0.374. The molecule has 1 heterocycles. The van der Waals surface area contributed by atoms with Crippen LogP contribution < -0.4 is 5.32 Å². The van der Waals surface area contributed by atoms with Crippen molar-refractivity contribution in [1.29, 1.82) is 0 Å². The first-order valence-corrected chi connectivity index (χ1v) is 10.9. The predicted molar refractivity (Wildman–Crippen MR) is 122 cm³/mol. The van der Waals surface area contributed by atoms with Gasteiger partial charge in [-0.2, -0.15) is 0 Å². The highest BCUT2D eigenvalue weighted by atomic mass is 32.2. The molecule has 0 saturated heterocycles. The highest BCUT2D eigenvalue weighted by molar-refractivity contribution is 7.98. The maximum absolute atomic E-state index is 14.0. The molecule has 0 aliphatic heterocycles. The van der Waals surface area contributed by atoms with Gasteiger partial charge in [-0.3, -0.25) is 0 Å². The Labute approximate surface area is 183 Å². The summed E-state index contributed by atoms with van der Waals surface area (Å²) in [6, 6.07) is 17.9. The van der Waals surface area contributed by atoms with Gasteiger partial charge in [0.2, 0.25) is 0 Å². The first-order chi connectivity index (χ1) is 15.0. The third-order valence-electron chi connectivity index (χ3n) is 5.01. The number of aromatic nitrogens is 2. The topological polar surface area (TPSA) is 75.1 Å². The molecule has 0 saturated carbocycles. The smallest absolute Gasteiger partial charge is 0.336 e. The zero-order valence-corrected chi connectivity index (χ0v) is 17.6. The van der Waals surface area contributed by atoms with Crippen LogP contribution in [0.2, 0.25) is 0 Å². The molecule has 3 aromatic carbocycles. The van der Waals surface area contributed by atoms with Gasteiger partial charge in [0.05, 0.1) is 11.3 Å². The Morgan fingerprint density at radius 2 is 1.97 bits per heavy atom. The van der Waals surface area contributed by atoms with Crippen LogP contribution in [0.3, 0.4) is 0 Å². The van der Waals surface area contributed by atoms with Crippen LogP contribution in [0.25, 0.3) is 22.0 Å². The number of benzene rings is 3. The van der Waals surface area contributed by atoms with Crippen LogP contribution in [0.15, 0.2) is 71.9 Å². The van der Waals surface area contributed by atoms with Crippen molar-refractivity contribution in [2.75, 3.05) is 18.1 Å². The number of carboxylic acids is 1. The average molecular weight is 434 g/mol. The summed E-state index contributed by atoms with van der Waals surface area (Å²) in [5.74, 6) is -0.495. The molecular weight excluding hydrogens is 413 g/mol. The van der Waals surface area contributed by atoms with Crippen molar-refractivity contribution in [3.63, 3.8) is 0 Å². The normalized spacial score (nSPS) is 10.9.